The SMILES string of the molecule is C#CC#CC#CC#CC#CC#CC#CC#CC#CC#CC#CCC(=O)N[C@@H](CO)[C@H](O[Si](C)(C)C(C)(C)C)[C@@H](CC1CCCC1)O[Si](C)(C)C(C)(C)C.[HH].[HH].[HH].[HH].[HH].[HH].[HH].[HH].[HH].[HH].[HH].[HH].[HH].[HH].[HH].[HH].[HH].[HH].[HH].[HH].[HH].[HH]. The largest absolute Gasteiger partial charge is 0.411 e. The van der Waals surface area contributed by atoms with E-state index in [0.717, 1.165) is 19.3 Å². The number of hydrogen-bond donors (Lipinski definition) is 2. The van der Waals surface area contributed by atoms with Crippen LogP contribution in [0.25, 0.3) is 0 Å². The lowest BCUT2D eigenvalue weighted by Gasteiger charge is -2.47. The molecule has 3 atom stereocenters. The summed E-state index contributed by atoms with van der Waals surface area (Å²) in [4.78, 5) is 13.1. The molecular formula is C46H95NO4Si2. The molecule has 0 aliphatic heterocycles. The Labute approximate surface area is 356 Å². The van der Waals surface area contributed by atoms with Crippen molar-refractivity contribution in [2.75, 3.05) is 6.61 Å². The molecule has 0 aromatic carbocycles. The van der Waals surface area contributed by atoms with Crippen LogP contribution < -0.4 is 5.32 Å². The minimum Gasteiger partial charge on any atom is -0.411 e. The van der Waals surface area contributed by atoms with Crippen molar-refractivity contribution >= 4 is 22.5 Å². The highest BCUT2D eigenvalue weighted by Gasteiger charge is 2.47. The van der Waals surface area contributed by atoms with Crippen molar-refractivity contribution in [1.82, 2.24) is 5.32 Å². The zero-order valence-electron chi connectivity index (χ0n) is 33.0. The second-order valence-corrected chi connectivity index (χ2v) is 24.9. The normalized spacial score (nSPS) is 13.4. The van der Waals surface area contributed by atoms with Crippen LogP contribution in [0, 0.1) is 137 Å². The minimum absolute atomic E-state index is 0. The number of aliphatic hydroxyl groups excluding tert-OH is 1. The van der Waals surface area contributed by atoms with E-state index in [9.17, 15) is 9.90 Å². The highest BCUT2D eigenvalue weighted by Crippen LogP contribution is 2.42. The molecule has 1 aliphatic rings. The molecule has 1 fully saturated rings. The summed E-state index contributed by atoms with van der Waals surface area (Å²) in [6, 6.07) is -0.655. The third-order valence-electron chi connectivity index (χ3n) is 9.37. The maximum atomic E-state index is 13.1. The van der Waals surface area contributed by atoms with Crippen molar-refractivity contribution in [2.45, 2.75) is 135 Å². The Balaban J connectivity index is -0.0000000638. The summed E-state index contributed by atoms with van der Waals surface area (Å²) in [5.41, 5.74) is 0. The maximum Gasteiger partial charge on any atom is 0.232 e. The van der Waals surface area contributed by atoms with Gasteiger partial charge in [0.15, 0.2) is 16.6 Å². The van der Waals surface area contributed by atoms with Gasteiger partial charge in [-0.2, -0.15) is 0 Å². The number of amides is 1. The summed E-state index contributed by atoms with van der Waals surface area (Å²) in [6.45, 7) is 21.9. The number of carbonyl (C=O) groups excluding carboxylic acids is 1. The van der Waals surface area contributed by atoms with Gasteiger partial charge in [-0.25, -0.2) is 0 Å². The fraction of sp³-hybridized carbons (Fsp3) is 0.500. The van der Waals surface area contributed by atoms with E-state index in [1.807, 2.05) is 0 Å². The molecule has 0 heterocycles. The van der Waals surface area contributed by atoms with Gasteiger partial charge in [-0.1, -0.05) is 73.1 Å². The topological polar surface area (TPSA) is 67.8 Å². The Morgan fingerprint density at radius 3 is 1.45 bits per heavy atom. The monoisotopic (exact) mass is 782 g/mol. The summed E-state index contributed by atoms with van der Waals surface area (Å²) in [6.07, 6.45) is 9.71. The minimum atomic E-state index is -2.34. The lowest BCUT2D eigenvalue weighted by molar-refractivity contribution is -0.122. The summed E-state index contributed by atoms with van der Waals surface area (Å²) < 4.78 is 14.2. The van der Waals surface area contributed by atoms with Gasteiger partial charge in [0.05, 0.1) is 31.3 Å². The summed E-state index contributed by atoms with van der Waals surface area (Å²) in [5, 5.41) is 13.7. The van der Waals surface area contributed by atoms with Crippen LogP contribution in [0.3, 0.4) is 0 Å². The Bertz CT molecular complexity index is 2050. The van der Waals surface area contributed by atoms with Crippen LogP contribution >= 0.6 is 0 Å². The standard InChI is InChI=1S/C46H51NO4Si2.22H2/c1-12-13-14-15-16-17-18-19-20-21-22-23-24-25-26-27-28-29-30-31-32-37-43(49)47-41(39-48)44(51-53(10,11)46(5,6)7)42(38-40-35-33-34-36-40)50-52(8,9)45(2,3)4;;;;;;;;;;;;;;;;;;;;;;/h1,40-42,44,48H,33-39H2,2-11H3,(H,47,49);22*1H/t41-,42+,44-;;;;;;;;;;;;;;;;;;;;;;/m0....................../s1. The molecule has 53 heavy (non-hydrogen) atoms. The predicted octanol–water partition coefficient (Wildman–Crippen LogP) is 11.3. The third kappa shape index (κ3) is 18.8. The third-order valence-corrected chi connectivity index (χ3v) is 18.3. The van der Waals surface area contributed by atoms with Crippen molar-refractivity contribution < 1.29 is 50.1 Å². The second kappa shape index (κ2) is 23.5. The smallest absolute Gasteiger partial charge is 0.232 e. The predicted molar refractivity (Wildman–Crippen MR) is 267 cm³/mol. The molecule has 5 nitrogen and oxygen atoms in total. The second-order valence-electron chi connectivity index (χ2n) is 15.4. The molecule has 1 amide bonds. The van der Waals surface area contributed by atoms with Crippen LogP contribution in [0.1, 0.15) is 111 Å². The van der Waals surface area contributed by atoms with E-state index in [2.05, 4.69) is 197 Å². The molecule has 0 aromatic heterocycles. The molecule has 0 radical (unpaired) electrons. The summed E-state index contributed by atoms with van der Waals surface area (Å²) in [7, 11) is -4.56. The quantitative estimate of drug-likeness (QED) is 0.162. The Kier molecular flexibility index (Phi) is 20.4. The fourth-order valence-corrected chi connectivity index (χ4v) is 7.23. The van der Waals surface area contributed by atoms with E-state index < -0.39 is 28.8 Å². The van der Waals surface area contributed by atoms with Crippen molar-refractivity contribution in [3.8, 4) is 131 Å². The molecule has 1 rings (SSSR count). The van der Waals surface area contributed by atoms with Gasteiger partial charge in [0.1, 0.15) is 0 Å². The van der Waals surface area contributed by atoms with E-state index in [-0.39, 0.29) is 66.5 Å². The van der Waals surface area contributed by atoms with Gasteiger partial charge in [-0.3, -0.25) is 4.79 Å². The average molecular weight is 782 g/mol. The molecule has 0 spiro atoms. The summed E-state index contributed by atoms with van der Waals surface area (Å²) in [5.74, 6) is 53.0. The van der Waals surface area contributed by atoms with Crippen LogP contribution in [0.5, 0.6) is 0 Å². The van der Waals surface area contributed by atoms with Crippen LogP contribution in [-0.4, -0.2) is 52.5 Å². The van der Waals surface area contributed by atoms with E-state index in [0.29, 0.717) is 5.92 Å². The van der Waals surface area contributed by atoms with Gasteiger partial charge in [0.2, 0.25) is 5.91 Å². The highest BCUT2D eigenvalue weighted by atomic mass is 28.4. The number of rotatable bonds is 11. The van der Waals surface area contributed by atoms with E-state index in [1.165, 1.54) is 12.8 Å². The Morgan fingerprint density at radius 2 is 1.08 bits per heavy atom. The van der Waals surface area contributed by atoms with Crippen LogP contribution in [0.2, 0.25) is 36.3 Å². The first-order chi connectivity index (χ1) is 24.9. The van der Waals surface area contributed by atoms with Crippen molar-refractivity contribution in [3.63, 3.8) is 0 Å². The first kappa shape index (κ1) is 46.0. The lowest BCUT2D eigenvalue weighted by atomic mass is 9.94. The number of terminal acetylenes is 1. The molecular weight excluding hydrogens is 687 g/mol. The van der Waals surface area contributed by atoms with Crippen molar-refractivity contribution in [3.05, 3.63) is 0 Å². The fourth-order valence-electron chi connectivity index (χ4n) is 4.54. The van der Waals surface area contributed by atoms with E-state index in [1.54, 1.807) is 0 Å². The molecule has 1 saturated carbocycles. The molecule has 0 unspecified atom stereocenters. The van der Waals surface area contributed by atoms with Crippen molar-refractivity contribution in [2.24, 2.45) is 5.92 Å². The van der Waals surface area contributed by atoms with E-state index in [4.69, 9.17) is 15.3 Å². The first-order valence-electron chi connectivity index (χ1n) is 17.6. The summed E-state index contributed by atoms with van der Waals surface area (Å²) >= 11 is 0. The number of nitrogens with one attached hydrogen (secondary N) is 1. The molecule has 0 saturated heterocycles. The van der Waals surface area contributed by atoms with Gasteiger partial charge in [-0.05, 0) is 143 Å². The van der Waals surface area contributed by atoms with Gasteiger partial charge in [0, 0.05) is 55.1 Å². The highest BCUT2D eigenvalue weighted by molar-refractivity contribution is 6.74. The first-order valence-corrected chi connectivity index (χ1v) is 23.5. The number of carbonyl (C=O) groups is 1. The Morgan fingerprint density at radius 1 is 0.698 bits per heavy atom. The Hall–Kier alpha value is -5.06. The van der Waals surface area contributed by atoms with Crippen LogP contribution in [-0.2, 0) is 13.6 Å². The molecule has 2 N–H and O–H groups in total. The maximum absolute atomic E-state index is 13.1. The van der Waals surface area contributed by atoms with Gasteiger partial charge < -0.3 is 19.3 Å². The molecule has 316 valence electrons. The number of aliphatic hydroxyl groups is 1. The molecule has 7 heteroatoms. The zero-order chi connectivity index (χ0) is 39.8. The average Bonchev–Trinajstić information content (AvgIpc) is 3.58. The van der Waals surface area contributed by atoms with Gasteiger partial charge in [-0.15, -0.1) is 6.42 Å². The lowest BCUT2D eigenvalue weighted by Crippen LogP contribution is -2.60. The molecule has 0 bridgehead atoms. The zero-order valence-corrected chi connectivity index (χ0v) is 35.0. The van der Waals surface area contributed by atoms with Crippen molar-refractivity contribution in [1.29, 1.82) is 0 Å². The van der Waals surface area contributed by atoms with Gasteiger partial charge >= 0.3 is 0 Å². The number of hydrogen-bond acceptors (Lipinski definition) is 4. The van der Waals surface area contributed by atoms with Crippen LogP contribution in [0.4, 0.5) is 0 Å². The molecule has 0 aromatic rings. The molecule has 1 aliphatic carbocycles. The van der Waals surface area contributed by atoms with Crippen LogP contribution in [0.15, 0.2) is 0 Å². The van der Waals surface area contributed by atoms with E-state index >= 15 is 0 Å². The van der Waals surface area contributed by atoms with Gasteiger partial charge in [0.25, 0.3) is 0 Å².